The van der Waals surface area contributed by atoms with E-state index in [-0.39, 0.29) is 18.0 Å². The highest BCUT2D eigenvalue weighted by molar-refractivity contribution is 5.90. The fourth-order valence-corrected chi connectivity index (χ4v) is 3.69. The first-order valence-corrected chi connectivity index (χ1v) is 9.92. The molecule has 0 saturated heterocycles. The van der Waals surface area contributed by atoms with Gasteiger partial charge in [-0.3, -0.25) is 4.79 Å². The van der Waals surface area contributed by atoms with Gasteiger partial charge in [0.25, 0.3) is 0 Å². The molecule has 0 spiro atoms. The molecule has 0 atom stereocenters. The zero-order valence-corrected chi connectivity index (χ0v) is 16.4. The summed E-state index contributed by atoms with van der Waals surface area (Å²) >= 11 is 0. The Morgan fingerprint density at radius 1 is 1.18 bits per heavy atom. The summed E-state index contributed by atoms with van der Waals surface area (Å²) < 4.78 is 1.87. The number of rotatable bonds is 6. The van der Waals surface area contributed by atoms with E-state index >= 15 is 0 Å². The zero-order chi connectivity index (χ0) is 20.1. The number of anilines is 1. The Morgan fingerprint density at radius 3 is 2.46 bits per heavy atom. The van der Waals surface area contributed by atoms with Crippen LogP contribution < -0.4 is 10.6 Å². The van der Waals surface area contributed by atoms with Crippen molar-refractivity contribution in [3.8, 4) is 5.69 Å². The maximum Gasteiger partial charge on any atom is 0.319 e. The van der Waals surface area contributed by atoms with E-state index in [4.69, 9.17) is 5.11 Å². The van der Waals surface area contributed by atoms with Crippen molar-refractivity contribution in [3.05, 3.63) is 41.7 Å². The second kappa shape index (κ2) is 8.91. The van der Waals surface area contributed by atoms with Gasteiger partial charge in [0.2, 0.25) is 0 Å². The van der Waals surface area contributed by atoms with Crippen molar-refractivity contribution in [2.24, 2.45) is 5.92 Å². The zero-order valence-electron chi connectivity index (χ0n) is 16.4. The van der Waals surface area contributed by atoms with Gasteiger partial charge in [0.1, 0.15) is 0 Å². The molecule has 1 aromatic carbocycles. The van der Waals surface area contributed by atoms with Crippen LogP contribution in [0.25, 0.3) is 5.69 Å². The van der Waals surface area contributed by atoms with Gasteiger partial charge >= 0.3 is 12.0 Å². The normalized spacial score (nSPS) is 19.2. The van der Waals surface area contributed by atoms with Gasteiger partial charge in [-0.15, -0.1) is 0 Å². The predicted octanol–water partition coefficient (Wildman–Crippen LogP) is 3.90. The van der Waals surface area contributed by atoms with Crippen molar-refractivity contribution in [1.29, 1.82) is 0 Å². The second-order valence-corrected chi connectivity index (χ2v) is 7.49. The number of aromatic nitrogens is 2. The summed E-state index contributed by atoms with van der Waals surface area (Å²) in [6.45, 7) is 4.14. The standard InChI is InChI=1S/C21H28N4O3/c1-3-4-19-18(13-22-25(19)17-11-5-14(2)6-12-17)24-21(28)23-16-9-7-15(8-10-16)20(26)27/h5-6,11-13,15-16H,3-4,7-10H2,1-2H3,(H,26,27)(H2,23,24,28). The quantitative estimate of drug-likeness (QED) is 0.704. The minimum Gasteiger partial charge on any atom is -0.481 e. The minimum atomic E-state index is -0.740. The molecule has 7 heteroatoms. The van der Waals surface area contributed by atoms with Crippen LogP contribution >= 0.6 is 0 Å². The van der Waals surface area contributed by atoms with Crippen LogP contribution in [0.2, 0.25) is 0 Å². The van der Waals surface area contributed by atoms with Crippen LogP contribution in [0.1, 0.15) is 50.3 Å². The molecule has 3 rings (SSSR count). The number of carbonyl (C=O) groups excluding carboxylic acids is 1. The number of benzene rings is 1. The first-order chi connectivity index (χ1) is 13.5. The van der Waals surface area contributed by atoms with E-state index in [1.165, 1.54) is 5.56 Å². The number of hydrogen-bond acceptors (Lipinski definition) is 3. The topological polar surface area (TPSA) is 96.2 Å². The summed E-state index contributed by atoms with van der Waals surface area (Å²) in [6.07, 6.45) is 6.01. The molecule has 28 heavy (non-hydrogen) atoms. The highest BCUT2D eigenvalue weighted by Gasteiger charge is 2.27. The number of carbonyl (C=O) groups is 2. The average molecular weight is 384 g/mol. The lowest BCUT2D eigenvalue weighted by atomic mass is 9.86. The van der Waals surface area contributed by atoms with Crippen molar-refractivity contribution in [2.75, 3.05) is 5.32 Å². The molecule has 0 unspecified atom stereocenters. The lowest BCUT2D eigenvalue weighted by Crippen LogP contribution is -2.41. The van der Waals surface area contributed by atoms with Gasteiger partial charge in [-0.25, -0.2) is 9.48 Å². The fourth-order valence-electron chi connectivity index (χ4n) is 3.69. The molecule has 1 aromatic heterocycles. The van der Waals surface area contributed by atoms with Crippen molar-refractivity contribution in [2.45, 2.75) is 58.4 Å². The highest BCUT2D eigenvalue weighted by Crippen LogP contribution is 2.25. The van der Waals surface area contributed by atoms with Crippen LogP contribution in [-0.2, 0) is 11.2 Å². The van der Waals surface area contributed by atoms with Crippen LogP contribution in [0.4, 0.5) is 10.5 Å². The Morgan fingerprint density at radius 2 is 1.86 bits per heavy atom. The highest BCUT2D eigenvalue weighted by atomic mass is 16.4. The Kier molecular flexibility index (Phi) is 6.34. The van der Waals surface area contributed by atoms with Crippen LogP contribution in [0.15, 0.2) is 30.5 Å². The van der Waals surface area contributed by atoms with Gasteiger partial charge in [-0.05, 0) is 51.2 Å². The van der Waals surface area contributed by atoms with Crippen LogP contribution in [0, 0.1) is 12.8 Å². The average Bonchev–Trinajstić information content (AvgIpc) is 3.05. The number of nitrogens with zero attached hydrogens (tertiary/aromatic N) is 2. The lowest BCUT2D eigenvalue weighted by Gasteiger charge is -2.26. The number of amides is 2. The van der Waals surface area contributed by atoms with Gasteiger partial charge in [0.15, 0.2) is 0 Å². The molecule has 2 amide bonds. The summed E-state index contributed by atoms with van der Waals surface area (Å²) in [7, 11) is 0. The van der Waals surface area contributed by atoms with Gasteiger partial charge in [0, 0.05) is 6.04 Å². The summed E-state index contributed by atoms with van der Waals surface area (Å²) in [5.41, 5.74) is 3.83. The van der Waals surface area contributed by atoms with Crippen molar-refractivity contribution in [3.63, 3.8) is 0 Å². The molecule has 1 fully saturated rings. The van der Waals surface area contributed by atoms with Crippen molar-refractivity contribution >= 4 is 17.7 Å². The Hall–Kier alpha value is -2.83. The molecule has 0 radical (unpaired) electrons. The molecule has 0 aliphatic heterocycles. The minimum absolute atomic E-state index is 0.0115. The second-order valence-electron chi connectivity index (χ2n) is 7.49. The molecule has 1 aliphatic rings. The Balaban J connectivity index is 1.66. The first kappa shape index (κ1) is 19.9. The summed E-state index contributed by atoms with van der Waals surface area (Å²) in [5, 5.41) is 19.5. The van der Waals surface area contributed by atoms with E-state index in [9.17, 15) is 9.59 Å². The Bertz CT molecular complexity index is 821. The van der Waals surface area contributed by atoms with Gasteiger partial charge in [-0.2, -0.15) is 5.10 Å². The first-order valence-electron chi connectivity index (χ1n) is 9.92. The molecule has 7 nitrogen and oxygen atoms in total. The maximum atomic E-state index is 12.5. The van der Waals surface area contributed by atoms with E-state index in [0.717, 1.165) is 24.2 Å². The third kappa shape index (κ3) is 4.71. The lowest BCUT2D eigenvalue weighted by molar-refractivity contribution is -0.142. The molecular weight excluding hydrogens is 356 g/mol. The summed E-state index contributed by atoms with van der Waals surface area (Å²) in [5.74, 6) is -1.03. The van der Waals surface area contributed by atoms with Crippen molar-refractivity contribution < 1.29 is 14.7 Å². The van der Waals surface area contributed by atoms with E-state index in [1.54, 1.807) is 6.20 Å². The third-order valence-electron chi connectivity index (χ3n) is 5.29. The number of urea groups is 1. The van der Waals surface area contributed by atoms with Gasteiger partial charge < -0.3 is 15.7 Å². The molecule has 0 bridgehead atoms. The molecule has 1 saturated carbocycles. The molecule has 150 valence electrons. The molecule has 2 aromatic rings. The number of nitrogens with one attached hydrogen (secondary N) is 2. The predicted molar refractivity (Wildman–Crippen MR) is 108 cm³/mol. The number of aliphatic carboxylic acids is 1. The Labute approximate surface area is 165 Å². The van der Waals surface area contributed by atoms with Gasteiger partial charge in [-0.1, -0.05) is 31.0 Å². The maximum absolute atomic E-state index is 12.5. The molecule has 1 heterocycles. The van der Waals surface area contributed by atoms with E-state index in [0.29, 0.717) is 31.4 Å². The van der Waals surface area contributed by atoms with Crippen LogP contribution in [0.5, 0.6) is 0 Å². The van der Waals surface area contributed by atoms with Crippen LogP contribution in [0.3, 0.4) is 0 Å². The summed E-state index contributed by atoms with van der Waals surface area (Å²) in [6, 6.07) is 7.87. The fraction of sp³-hybridized carbons (Fsp3) is 0.476. The van der Waals surface area contributed by atoms with E-state index in [2.05, 4.69) is 22.7 Å². The van der Waals surface area contributed by atoms with Gasteiger partial charge in [0.05, 0.1) is 29.2 Å². The molecule has 1 aliphatic carbocycles. The number of aryl methyl sites for hydroxylation is 1. The van der Waals surface area contributed by atoms with Crippen LogP contribution in [-0.4, -0.2) is 32.9 Å². The van der Waals surface area contributed by atoms with E-state index in [1.807, 2.05) is 35.9 Å². The largest absolute Gasteiger partial charge is 0.481 e. The number of hydrogen-bond donors (Lipinski definition) is 3. The molecular formula is C21H28N4O3. The van der Waals surface area contributed by atoms with E-state index < -0.39 is 5.97 Å². The number of carboxylic acid groups (broad SMARTS) is 1. The SMILES string of the molecule is CCCc1c(NC(=O)NC2CCC(C(=O)O)CC2)cnn1-c1ccc(C)cc1. The van der Waals surface area contributed by atoms with Crippen molar-refractivity contribution in [1.82, 2.24) is 15.1 Å². The molecule has 3 N–H and O–H groups in total. The smallest absolute Gasteiger partial charge is 0.319 e. The third-order valence-corrected chi connectivity index (χ3v) is 5.29. The monoisotopic (exact) mass is 384 g/mol. The number of carboxylic acids is 1. The summed E-state index contributed by atoms with van der Waals surface area (Å²) in [4.78, 5) is 23.5.